The van der Waals surface area contributed by atoms with Crippen molar-refractivity contribution in [3.63, 3.8) is 0 Å². The molecule has 0 bridgehead atoms. The average molecular weight is 278 g/mol. The van der Waals surface area contributed by atoms with Gasteiger partial charge < -0.3 is 15.7 Å². The number of hydrogen-bond donors (Lipinski definition) is 3. The van der Waals surface area contributed by atoms with Crippen LogP contribution in [0.1, 0.15) is 25.6 Å². The number of anilines is 2. The first-order chi connectivity index (χ1) is 8.86. The van der Waals surface area contributed by atoms with E-state index in [4.69, 9.17) is 5.11 Å². The van der Waals surface area contributed by atoms with Gasteiger partial charge in [0.15, 0.2) is 0 Å². The van der Waals surface area contributed by atoms with Gasteiger partial charge in [0, 0.05) is 25.8 Å². The third-order valence-electron chi connectivity index (χ3n) is 2.43. The summed E-state index contributed by atoms with van der Waals surface area (Å²) in [4.78, 5) is 6.82. The standard InChI is InChI=1S/C11H17F3N4O/c1-7(4-3-5-19)16-9-6-8(15-2)17-10(18-9)11(12,13)14/h6-7,19H,3-5H2,1-2H3,(H2,15,16,17,18). The lowest BCUT2D eigenvalue weighted by Gasteiger charge is -2.16. The van der Waals surface area contributed by atoms with Crippen LogP contribution in [0.25, 0.3) is 0 Å². The van der Waals surface area contributed by atoms with Crippen LogP contribution in [0, 0.1) is 0 Å². The molecule has 19 heavy (non-hydrogen) atoms. The molecule has 0 radical (unpaired) electrons. The SMILES string of the molecule is CNc1cc(NC(C)CCCO)nc(C(F)(F)F)n1. The Kier molecular flexibility index (Phi) is 5.34. The van der Waals surface area contributed by atoms with Crippen LogP contribution in [-0.4, -0.2) is 34.8 Å². The summed E-state index contributed by atoms with van der Waals surface area (Å²) in [7, 11) is 1.49. The van der Waals surface area contributed by atoms with Gasteiger partial charge in [0.05, 0.1) is 0 Å². The number of nitrogens with one attached hydrogen (secondary N) is 2. The fourth-order valence-electron chi connectivity index (χ4n) is 1.50. The van der Waals surface area contributed by atoms with Crippen LogP contribution < -0.4 is 10.6 Å². The maximum absolute atomic E-state index is 12.6. The predicted molar refractivity (Wildman–Crippen MR) is 66.0 cm³/mol. The highest BCUT2D eigenvalue weighted by Crippen LogP contribution is 2.28. The summed E-state index contributed by atoms with van der Waals surface area (Å²) in [5.41, 5.74) is 0. The smallest absolute Gasteiger partial charge is 0.396 e. The van der Waals surface area contributed by atoms with E-state index in [1.54, 1.807) is 0 Å². The molecule has 5 nitrogen and oxygen atoms in total. The number of aliphatic hydroxyl groups is 1. The molecule has 1 aromatic rings. The molecule has 8 heteroatoms. The van der Waals surface area contributed by atoms with Crippen molar-refractivity contribution < 1.29 is 18.3 Å². The van der Waals surface area contributed by atoms with E-state index in [2.05, 4.69) is 20.6 Å². The summed E-state index contributed by atoms with van der Waals surface area (Å²) in [5.74, 6) is -0.979. The molecular formula is C11H17F3N4O. The van der Waals surface area contributed by atoms with Gasteiger partial charge in [0.2, 0.25) is 5.82 Å². The van der Waals surface area contributed by atoms with Gasteiger partial charge in [0.25, 0.3) is 0 Å². The summed E-state index contributed by atoms with van der Waals surface area (Å²) < 4.78 is 37.8. The lowest BCUT2D eigenvalue weighted by atomic mass is 10.2. The number of aromatic nitrogens is 2. The molecule has 1 atom stereocenters. The Morgan fingerprint density at radius 1 is 1.32 bits per heavy atom. The Hall–Kier alpha value is -1.57. The topological polar surface area (TPSA) is 70.1 Å². The largest absolute Gasteiger partial charge is 0.451 e. The van der Waals surface area contributed by atoms with Crippen LogP contribution in [0.3, 0.4) is 0 Å². The van der Waals surface area contributed by atoms with E-state index in [0.29, 0.717) is 12.8 Å². The van der Waals surface area contributed by atoms with Crippen molar-refractivity contribution in [1.29, 1.82) is 0 Å². The summed E-state index contributed by atoms with van der Waals surface area (Å²) in [6, 6.07) is 1.32. The van der Waals surface area contributed by atoms with Gasteiger partial charge >= 0.3 is 6.18 Å². The van der Waals surface area contributed by atoms with Gasteiger partial charge in [-0.2, -0.15) is 13.2 Å². The van der Waals surface area contributed by atoms with Gasteiger partial charge in [-0.1, -0.05) is 0 Å². The Bertz CT molecular complexity index is 411. The molecule has 1 rings (SSSR count). The van der Waals surface area contributed by atoms with Gasteiger partial charge in [-0.15, -0.1) is 0 Å². The second-order valence-electron chi connectivity index (χ2n) is 4.12. The van der Waals surface area contributed by atoms with Crippen LogP contribution in [-0.2, 0) is 6.18 Å². The summed E-state index contributed by atoms with van der Waals surface area (Å²) in [6.45, 7) is 1.86. The Labute approximate surface area is 109 Å². The van der Waals surface area contributed by atoms with Crippen molar-refractivity contribution in [2.45, 2.75) is 32.0 Å². The minimum absolute atomic E-state index is 0.0470. The first-order valence-corrected chi connectivity index (χ1v) is 5.88. The second kappa shape index (κ2) is 6.55. The van der Waals surface area contributed by atoms with Crippen molar-refractivity contribution in [3.05, 3.63) is 11.9 Å². The van der Waals surface area contributed by atoms with Gasteiger partial charge in [-0.25, -0.2) is 9.97 Å². The molecule has 0 aliphatic rings. The Morgan fingerprint density at radius 2 is 1.95 bits per heavy atom. The summed E-state index contributed by atoms with van der Waals surface area (Å²) in [5, 5.41) is 14.1. The van der Waals surface area contributed by atoms with Crippen LogP contribution in [0.5, 0.6) is 0 Å². The summed E-state index contributed by atoms with van der Waals surface area (Å²) >= 11 is 0. The first kappa shape index (κ1) is 15.5. The van der Waals surface area contributed by atoms with Gasteiger partial charge in [-0.05, 0) is 19.8 Å². The monoisotopic (exact) mass is 278 g/mol. The predicted octanol–water partition coefficient (Wildman–Crippen LogP) is 2.11. The zero-order valence-corrected chi connectivity index (χ0v) is 10.8. The molecule has 0 aliphatic heterocycles. The number of alkyl halides is 3. The van der Waals surface area contributed by atoms with Crippen LogP contribution in [0.4, 0.5) is 24.8 Å². The maximum Gasteiger partial charge on any atom is 0.451 e. The lowest BCUT2D eigenvalue weighted by Crippen LogP contribution is -2.19. The minimum atomic E-state index is -4.59. The maximum atomic E-state index is 12.6. The molecular weight excluding hydrogens is 261 g/mol. The highest BCUT2D eigenvalue weighted by molar-refractivity contribution is 5.47. The van der Waals surface area contributed by atoms with E-state index < -0.39 is 12.0 Å². The van der Waals surface area contributed by atoms with Gasteiger partial charge in [-0.3, -0.25) is 0 Å². The van der Waals surface area contributed by atoms with E-state index in [9.17, 15) is 13.2 Å². The molecule has 0 aliphatic carbocycles. The molecule has 1 heterocycles. The fraction of sp³-hybridized carbons (Fsp3) is 0.636. The zero-order valence-electron chi connectivity index (χ0n) is 10.8. The third-order valence-corrected chi connectivity index (χ3v) is 2.43. The number of nitrogens with zero attached hydrogens (tertiary/aromatic N) is 2. The van der Waals surface area contributed by atoms with E-state index in [1.165, 1.54) is 13.1 Å². The van der Waals surface area contributed by atoms with Crippen molar-refractivity contribution in [1.82, 2.24) is 9.97 Å². The van der Waals surface area contributed by atoms with E-state index >= 15 is 0 Å². The third kappa shape index (κ3) is 4.90. The Morgan fingerprint density at radius 3 is 2.47 bits per heavy atom. The zero-order chi connectivity index (χ0) is 14.5. The van der Waals surface area contributed by atoms with E-state index in [-0.39, 0.29) is 24.3 Å². The van der Waals surface area contributed by atoms with Crippen LogP contribution in [0.15, 0.2) is 6.07 Å². The average Bonchev–Trinajstić information content (AvgIpc) is 2.34. The van der Waals surface area contributed by atoms with E-state index in [0.717, 1.165) is 0 Å². The molecule has 0 saturated heterocycles. The van der Waals surface area contributed by atoms with Crippen molar-refractivity contribution in [2.24, 2.45) is 0 Å². The summed E-state index contributed by atoms with van der Waals surface area (Å²) in [6.07, 6.45) is -3.38. The van der Waals surface area contributed by atoms with Crippen molar-refractivity contribution in [3.8, 4) is 0 Å². The normalized spacial score (nSPS) is 13.2. The molecule has 0 fully saturated rings. The first-order valence-electron chi connectivity index (χ1n) is 5.88. The van der Waals surface area contributed by atoms with Crippen LogP contribution in [0.2, 0.25) is 0 Å². The molecule has 0 saturated carbocycles. The number of hydrogen-bond acceptors (Lipinski definition) is 5. The molecule has 1 aromatic heterocycles. The minimum Gasteiger partial charge on any atom is -0.396 e. The lowest BCUT2D eigenvalue weighted by molar-refractivity contribution is -0.144. The van der Waals surface area contributed by atoms with E-state index in [1.807, 2.05) is 6.92 Å². The highest BCUT2D eigenvalue weighted by atomic mass is 19.4. The fourth-order valence-corrected chi connectivity index (χ4v) is 1.50. The highest BCUT2D eigenvalue weighted by Gasteiger charge is 2.35. The molecule has 1 unspecified atom stereocenters. The number of rotatable bonds is 6. The van der Waals surface area contributed by atoms with Crippen LogP contribution >= 0.6 is 0 Å². The van der Waals surface area contributed by atoms with Gasteiger partial charge in [0.1, 0.15) is 11.6 Å². The number of aliphatic hydroxyl groups excluding tert-OH is 1. The second-order valence-corrected chi connectivity index (χ2v) is 4.12. The van der Waals surface area contributed by atoms with Crippen molar-refractivity contribution in [2.75, 3.05) is 24.3 Å². The molecule has 3 N–H and O–H groups in total. The quantitative estimate of drug-likeness (QED) is 0.743. The number of halogens is 3. The molecule has 0 amide bonds. The molecule has 108 valence electrons. The van der Waals surface area contributed by atoms with Crippen molar-refractivity contribution >= 4 is 11.6 Å². The molecule has 0 aromatic carbocycles. The Balaban J connectivity index is 2.88. The molecule has 0 spiro atoms.